The molecule has 0 spiro atoms. The number of ether oxygens (including phenoxy) is 1. The number of nitrogens with one attached hydrogen (secondary N) is 3. The summed E-state index contributed by atoms with van der Waals surface area (Å²) in [4.78, 5) is 26.9. The van der Waals surface area contributed by atoms with Gasteiger partial charge in [-0.3, -0.25) is 13.4 Å². The predicted octanol–water partition coefficient (Wildman–Crippen LogP) is 12.5. The Kier molecular flexibility index (Phi) is 24.3. The number of carbonyl (C=O) groups is 2. The number of nitrogens with zero attached hydrogens (tertiary/aromatic N) is 2. The van der Waals surface area contributed by atoms with Gasteiger partial charge in [0.15, 0.2) is 0 Å². The van der Waals surface area contributed by atoms with E-state index in [-0.39, 0.29) is 41.4 Å². The Morgan fingerprint density at radius 2 is 1.14 bits per heavy atom. The number of fused-ring (bicyclic) bond motifs is 2. The predicted molar refractivity (Wildman–Crippen MR) is 293 cm³/mol. The van der Waals surface area contributed by atoms with Crippen LogP contribution in [-0.2, 0) is 34.4 Å². The van der Waals surface area contributed by atoms with Gasteiger partial charge in [0.05, 0.1) is 29.7 Å². The molecular formula is C53H76N6O7S4. The molecule has 2 unspecified atom stereocenters. The maximum atomic E-state index is 12.9. The van der Waals surface area contributed by atoms with Gasteiger partial charge in [0.2, 0.25) is 0 Å². The molecule has 6 rings (SSSR count). The Hall–Kier alpha value is -5.10. The van der Waals surface area contributed by atoms with Crippen molar-refractivity contribution >= 4 is 78.2 Å². The van der Waals surface area contributed by atoms with Gasteiger partial charge in [0.25, 0.3) is 26.0 Å². The molecule has 1 amide bonds. The summed E-state index contributed by atoms with van der Waals surface area (Å²) in [7, 11) is -4.53. The first-order valence-corrected chi connectivity index (χ1v) is 28.6. The highest BCUT2D eigenvalue weighted by atomic mass is 32.2. The second-order valence-corrected chi connectivity index (χ2v) is 23.0. The van der Waals surface area contributed by atoms with E-state index in [1.807, 2.05) is 36.9 Å². The molecule has 4 aromatic carbocycles. The van der Waals surface area contributed by atoms with Crippen LogP contribution in [0.25, 0.3) is 0 Å². The van der Waals surface area contributed by atoms with E-state index >= 15 is 0 Å². The molecule has 0 aliphatic carbocycles. The van der Waals surface area contributed by atoms with E-state index in [9.17, 15) is 26.4 Å². The number of benzene rings is 4. The Bertz CT molecular complexity index is 2640. The fraction of sp³-hybridized carbons (Fsp3) is 0.434. The summed E-state index contributed by atoms with van der Waals surface area (Å²) in [5.74, 6) is 3.08. The fourth-order valence-electron chi connectivity index (χ4n) is 7.30. The van der Waals surface area contributed by atoms with Crippen LogP contribution >= 0.6 is 23.5 Å². The van der Waals surface area contributed by atoms with Gasteiger partial charge < -0.3 is 26.4 Å². The van der Waals surface area contributed by atoms with E-state index in [1.54, 1.807) is 61.2 Å². The summed E-state index contributed by atoms with van der Waals surface area (Å²) in [5.41, 5.74) is 10.9. The molecule has 13 nitrogen and oxygen atoms in total. The normalized spacial score (nSPS) is 16.0. The topological polar surface area (TPSA) is 180 Å². The lowest BCUT2D eigenvalue weighted by atomic mass is 10.0. The monoisotopic (exact) mass is 1040 g/mol. The molecule has 0 bridgehead atoms. The Morgan fingerprint density at radius 1 is 0.686 bits per heavy atom. The maximum absolute atomic E-state index is 12.9. The summed E-state index contributed by atoms with van der Waals surface area (Å²) in [6, 6.07) is 25.6. The first kappa shape index (κ1) is 59.2. The molecule has 5 N–H and O–H groups in total. The lowest BCUT2D eigenvalue weighted by Gasteiger charge is -2.30. The number of unbranched alkanes of at least 4 members (excludes halogenated alkanes) is 2. The van der Waals surface area contributed by atoms with Crippen LogP contribution < -0.4 is 21.7 Å². The molecule has 2 aliphatic heterocycles. The molecule has 4 aromatic rings. The number of nitrogens with two attached hydrogens (primary N) is 1. The summed E-state index contributed by atoms with van der Waals surface area (Å²) in [6.07, 6.45) is 12.5. The zero-order chi connectivity index (χ0) is 50.7. The molecule has 0 saturated heterocycles. The lowest BCUT2D eigenvalue weighted by Crippen LogP contribution is -2.35. The van der Waals surface area contributed by atoms with Crippen LogP contribution in [-0.4, -0.2) is 69.5 Å². The second kappa shape index (κ2) is 28.7. The van der Waals surface area contributed by atoms with Crippen molar-refractivity contribution < 1.29 is 31.2 Å². The van der Waals surface area contributed by atoms with Crippen molar-refractivity contribution in [1.82, 2.24) is 8.61 Å². The molecule has 2 heterocycles. The van der Waals surface area contributed by atoms with Gasteiger partial charge >= 0.3 is 5.97 Å². The van der Waals surface area contributed by atoms with Gasteiger partial charge in [-0.2, -0.15) is 0 Å². The minimum absolute atomic E-state index is 0. The number of carbonyl (C=O) groups excluding carboxylic acids is 2. The highest BCUT2D eigenvalue weighted by molar-refractivity contribution is 7.99. The number of thioether (sulfide) groups is 2. The van der Waals surface area contributed by atoms with Crippen molar-refractivity contribution in [2.75, 3.05) is 53.9 Å². The lowest BCUT2D eigenvalue weighted by molar-refractivity contribution is -0.137. The zero-order valence-electron chi connectivity index (χ0n) is 41.6. The number of aryl methyl sites for hydroxylation is 2. The minimum Gasteiger partial charge on any atom is -0.463 e. The van der Waals surface area contributed by atoms with Crippen molar-refractivity contribution in [3.8, 4) is 0 Å². The largest absolute Gasteiger partial charge is 0.463 e. The fourth-order valence-corrected chi connectivity index (χ4v) is 12.4. The summed E-state index contributed by atoms with van der Waals surface area (Å²) < 4.78 is 57.0. The molecule has 2 aliphatic rings. The first-order valence-electron chi connectivity index (χ1n) is 23.7. The number of rotatable bonds is 18. The van der Waals surface area contributed by atoms with Crippen LogP contribution in [0.1, 0.15) is 105 Å². The van der Waals surface area contributed by atoms with Crippen LogP contribution in [0.15, 0.2) is 128 Å². The summed E-state index contributed by atoms with van der Waals surface area (Å²) in [5, 5.41) is 8.91. The zero-order valence-corrected chi connectivity index (χ0v) is 44.9. The van der Waals surface area contributed by atoms with Crippen LogP contribution in [0, 0.1) is 25.7 Å². The number of para-hydroxylation sites is 2. The average Bonchev–Trinajstić information content (AvgIpc) is 3.31. The van der Waals surface area contributed by atoms with Gasteiger partial charge in [-0.15, -0.1) is 23.5 Å². The second-order valence-electron chi connectivity index (χ2n) is 17.0. The Morgan fingerprint density at radius 3 is 1.61 bits per heavy atom. The number of sulfonamides is 2. The highest BCUT2D eigenvalue weighted by Gasteiger charge is 2.33. The third-order valence-electron chi connectivity index (χ3n) is 11.7. The molecule has 0 radical (unpaired) electrons. The molecule has 2 atom stereocenters. The van der Waals surface area contributed by atoms with Crippen molar-refractivity contribution in [3.63, 3.8) is 0 Å². The van der Waals surface area contributed by atoms with E-state index in [4.69, 9.17) is 10.5 Å². The first-order chi connectivity index (χ1) is 32.9. The van der Waals surface area contributed by atoms with Crippen LogP contribution in [0.2, 0.25) is 0 Å². The van der Waals surface area contributed by atoms with Gasteiger partial charge in [-0.25, -0.2) is 21.6 Å². The molecule has 0 saturated carbocycles. The average molecular weight is 1040 g/mol. The third-order valence-corrected chi connectivity index (χ3v) is 17.9. The molecule has 0 fully saturated rings. The Labute approximate surface area is 428 Å². The minimum atomic E-state index is -3.71. The number of anilines is 4. The quantitative estimate of drug-likeness (QED) is 0.0321. The number of nitrogen functional groups attached to an aromatic ring is 1. The maximum Gasteiger partial charge on any atom is 0.334 e. The van der Waals surface area contributed by atoms with Gasteiger partial charge in [0, 0.05) is 47.2 Å². The van der Waals surface area contributed by atoms with Crippen molar-refractivity contribution in [2.24, 2.45) is 11.8 Å². The van der Waals surface area contributed by atoms with E-state index < -0.39 is 26.0 Å². The highest BCUT2D eigenvalue weighted by Crippen LogP contribution is 2.35. The van der Waals surface area contributed by atoms with Crippen molar-refractivity contribution in [2.45, 2.75) is 127 Å². The number of amides is 1. The number of hydrogen-bond acceptors (Lipinski definition) is 12. The van der Waals surface area contributed by atoms with E-state index in [0.29, 0.717) is 17.3 Å². The van der Waals surface area contributed by atoms with Gasteiger partial charge in [-0.05, 0) is 105 Å². The van der Waals surface area contributed by atoms with Crippen LogP contribution in [0.4, 0.5) is 22.7 Å². The van der Waals surface area contributed by atoms with Crippen molar-refractivity contribution in [1.29, 1.82) is 0 Å². The van der Waals surface area contributed by atoms with Crippen molar-refractivity contribution in [3.05, 3.63) is 120 Å². The van der Waals surface area contributed by atoms with Gasteiger partial charge in [-0.1, -0.05) is 110 Å². The molecule has 0 aromatic heterocycles. The van der Waals surface area contributed by atoms with E-state index in [0.717, 1.165) is 54.6 Å². The van der Waals surface area contributed by atoms with E-state index in [1.165, 1.54) is 87.4 Å². The molecule has 384 valence electrons. The van der Waals surface area contributed by atoms with Crippen LogP contribution in [0.3, 0.4) is 0 Å². The van der Waals surface area contributed by atoms with Gasteiger partial charge in [0.1, 0.15) is 21.4 Å². The molecule has 17 heteroatoms. The number of esters is 1. The summed E-state index contributed by atoms with van der Waals surface area (Å²) in [6.45, 7) is 15.0. The number of hydrogen-bond donors (Lipinski definition) is 4. The Balaban J connectivity index is 0.000000299. The SMILES string of the molecule is C.CCCCC(CC)CSc1ccc(C)cc1N.CCCCC(CC)CSc1ccc(C)cc1NC(=O)/C=C1/Nc2ccccc2S(=O)(=O)N1C.CCOC(=O)/C=C1/Nc2ccccc2S(=O)(=O)N1C. The summed E-state index contributed by atoms with van der Waals surface area (Å²) >= 11 is 3.67. The smallest absolute Gasteiger partial charge is 0.334 e. The van der Waals surface area contributed by atoms with E-state index in [2.05, 4.69) is 68.8 Å². The standard InChI is InChI=1S/C25H33N3O3S2.C15H25NS.C12H14N2O4S.CH4/c1-5-7-10-19(6-2)17-32-22-14-13-18(3)15-21(22)27-25(29)16-24-26-20-11-8-9-12-23(20)33(30,31)28(24)4;1-4-6-7-13(5-2)11-17-15-9-8-12(3)10-14(15)16;1-3-18-12(15)8-11-13-9-6-4-5-7-10(9)19(16,17)14(11)2;/h8-9,11-16,19,26H,5-7,10,17H2,1-4H3,(H,27,29);8-10,13H,4-7,11,16H2,1-3H3;4-8,13H,3H2,1-2H3;1H4/b24-16-;;11-8-;. The molecular weight excluding hydrogens is 961 g/mol. The third kappa shape index (κ3) is 16.8. The molecule has 70 heavy (non-hydrogen) atoms. The van der Waals surface area contributed by atoms with Crippen LogP contribution in [0.5, 0.6) is 0 Å².